The van der Waals surface area contributed by atoms with Crippen molar-refractivity contribution in [3.05, 3.63) is 11.6 Å². The molecule has 2 aliphatic rings. The van der Waals surface area contributed by atoms with E-state index in [0.29, 0.717) is 18.3 Å². The molecule has 3 atom stereocenters. The summed E-state index contributed by atoms with van der Waals surface area (Å²) in [5.74, 6) is 1.82. The van der Waals surface area contributed by atoms with Gasteiger partial charge in [-0.2, -0.15) is 8.42 Å². The van der Waals surface area contributed by atoms with Gasteiger partial charge >= 0.3 is 0 Å². The van der Waals surface area contributed by atoms with Crippen LogP contribution in [0, 0.1) is 17.8 Å². The van der Waals surface area contributed by atoms with E-state index in [1.165, 1.54) is 18.4 Å². The average Bonchev–Trinajstić information content (AvgIpc) is 2.11. The van der Waals surface area contributed by atoms with Crippen LogP contribution in [0.5, 0.6) is 0 Å². The van der Waals surface area contributed by atoms with E-state index in [1.807, 2.05) is 0 Å². The molecule has 3 unspecified atom stereocenters. The fourth-order valence-electron chi connectivity index (χ4n) is 3.31. The van der Waals surface area contributed by atoms with Crippen molar-refractivity contribution in [2.45, 2.75) is 39.0 Å². The van der Waals surface area contributed by atoms with Crippen LogP contribution in [-0.2, 0) is 10.1 Å². The Labute approximate surface area is 97.7 Å². The Hall–Kier alpha value is -0.350. The van der Waals surface area contributed by atoms with E-state index in [2.05, 4.69) is 13.0 Å². The third kappa shape index (κ3) is 3.32. The molecule has 4 heteroatoms. The molecule has 0 radical (unpaired) electrons. The van der Waals surface area contributed by atoms with Crippen molar-refractivity contribution in [2.75, 3.05) is 5.75 Å². The Bertz CT molecular complexity index is 383. The molecule has 1 saturated carbocycles. The molecule has 1 fully saturated rings. The van der Waals surface area contributed by atoms with Crippen molar-refractivity contribution < 1.29 is 13.0 Å². The smallest absolute Gasteiger partial charge is 0.264 e. The van der Waals surface area contributed by atoms with Gasteiger partial charge in [-0.1, -0.05) is 18.6 Å². The lowest BCUT2D eigenvalue weighted by molar-refractivity contribution is 0.261. The van der Waals surface area contributed by atoms with E-state index in [9.17, 15) is 8.42 Å². The molecule has 0 aliphatic heterocycles. The topological polar surface area (TPSA) is 54.4 Å². The Kier molecular flexibility index (Phi) is 3.40. The maximum atomic E-state index is 10.7. The molecule has 3 nitrogen and oxygen atoms in total. The van der Waals surface area contributed by atoms with Crippen LogP contribution in [0.15, 0.2) is 11.6 Å². The minimum atomic E-state index is -3.78. The van der Waals surface area contributed by atoms with Crippen LogP contribution in [0.3, 0.4) is 0 Å². The maximum Gasteiger partial charge on any atom is 0.264 e. The minimum absolute atomic E-state index is 0.0762. The van der Waals surface area contributed by atoms with Crippen molar-refractivity contribution in [3.8, 4) is 0 Å². The summed E-state index contributed by atoms with van der Waals surface area (Å²) in [5.41, 5.74) is 1.51. The van der Waals surface area contributed by atoms with E-state index in [1.54, 1.807) is 0 Å². The van der Waals surface area contributed by atoms with Gasteiger partial charge in [0.2, 0.25) is 0 Å². The Morgan fingerprint density at radius 3 is 2.75 bits per heavy atom. The quantitative estimate of drug-likeness (QED) is 0.613. The van der Waals surface area contributed by atoms with Crippen LogP contribution in [0.4, 0.5) is 0 Å². The van der Waals surface area contributed by atoms with Gasteiger partial charge in [-0.15, -0.1) is 0 Å². The predicted octanol–water partition coefficient (Wildman–Crippen LogP) is 2.65. The summed E-state index contributed by atoms with van der Waals surface area (Å²) in [5, 5.41) is 0. The lowest BCUT2D eigenvalue weighted by Gasteiger charge is -2.36. The van der Waals surface area contributed by atoms with Gasteiger partial charge in [-0.25, -0.2) is 0 Å². The molecule has 0 spiro atoms. The van der Waals surface area contributed by atoms with Gasteiger partial charge in [0.15, 0.2) is 0 Å². The van der Waals surface area contributed by atoms with E-state index in [0.717, 1.165) is 18.8 Å². The first-order valence-corrected chi connectivity index (χ1v) is 7.68. The fourth-order valence-corrected chi connectivity index (χ4v) is 3.94. The van der Waals surface area contributed by atoms with E-state index in [-0.39, 0.29) is 5.75 Å². The summed E-state index contributed by atoms with van der Waals surface area (Å²) in [6.07, 6.45) is 7.60. The molecule has 0 aromatic rings. The second kappa shape index (κ2) is 4.49. The normalized spacial score (nSPS) is 34.6. The second-order valence-corrected chi connectivity index (χ2v) is 7.06. The van der Waals surface area contributed by atoms with Gasteiger partial charge in [-0.3, -0.25) is 4.55 Å². The van der Waals surface area contributed by atoms with E-state index < -0.39 is 10.1 Å². The third-order valence-electron chi connectivity index (χ3n) is 3.78. The fraction of sp³-hybridized carbons (Fsp3) is 0.833. The number of allylic oxidation sites excluding steroid dienone is 2. The van der Waals surface area contributed by atoms with Crippen molar-refractivity contribution in [3.63, 3.8) is 0 Å². The number of hydrogen-bond donors (Lipinski definition) is 1. The van der Waals surface area contributed by atoms with Gasteiger partial charge < -0.3 is 0 Å². The lowest BCUT2D eigenvalue weighted by atomic mass is 9.70. The van der Waals surface area contributed by atoms with Gasteiger partial charge in [0.1, 0.15) is 0 Å². The molecular weight excluding hydrogens is 224 g/mol. The molecule has 2 bridgehead atoms. The highest BCUT2D eigenvalue weighted by Crippen LogP contribution is 2.42. The molecule has 0 saturated heterocycles. The number of hydrogen-bond acceptors (Lipinski definition) is 2. The molecule has 0 amide bonds. The SMILES string of the molecule is CC1C=C2CC(CCS(=O)(=O)O)CC(C2)C1. The van der Waals surface area contributed by atoms with Crippen molar-refractivity contribution in [1.29, 1.82) is 0 Å². The van der Waals surface area contributed by atoms with Gasteiger partial charge in [0, 0.05) is 0 Å². The summed E-state index contributed by atoms with van der Waals surface area (Å²) in [6, 6.07) is 0. The highest BCUT2D eigenvalue weighted by molar-refractivity contribution is 7.85. The summed E-state index contributed by atoms with van der Waals surface area (Å²) in [7, 11) is -3.78. The van der Waals surface area contributed by atoms with Gasteiger partial charge in [0.05, 0.1) is 5.75 Å². The molecule has 2 rings (SSSR count). The molecule has 0 aromatic heterocycles. The Morgan fingerprint density at radius 1 is 1.38 bits per heavy atom. The van der Waals surface area contributed by atoms with E-state index >= 15 is 0 Å². The van der Waals surface area contributed by atoms with E-state index in [4.69, 9.17) is 4.55 Å². The summed E-state index contributed by atoms with van der Waals surface area (Å²) < 4.78 is 30.2. The van der Waals surface area contributed by atoms with Crippen LogP contribution in [-0.4, -0.2) is 18.7 Å². The zero-order valence-electron chi connectivity index (χ0n) is 9.72. The molecule has 2 aliphatic carbocycles. The third-order valence-corrected chi connectivity index (χ3v) is 4.53. The van der Waals surface area contributed by atoms with Crippen LogP contribution in [0.25, 0.3) is 0 Å². The maximum absolute atomic E-state index is 10.7. The molecule has 1 N–H and O–H groups in total. The molecule has 0 aromatic carbocycles. The summed E-state index contributed by atoms with van der Waals surface area (Å²) in [4.78, 5) is 0. The zero-order valence-corrected chi connectivity index (χ0v) is 10.5. The van der Waals surface area contributed by atoms with Crippen LogP contribution < -0.4 is 0 Å². The average molecular weight is 244 g/mol. The highest BCUT2D eigenvalue weighted by Gasteiger charge is 2.29. The van der Waals surface area contributed by atoms with Crippen molar-refractivity contribution in [2.24, 2.45) is 17.8 Å². The molecule has 16 heavy (non-hydrogen) atoms. The minimum Gasteiger partial charge on any atom is -0.286 e. The highest BCUT2D eigenvalue weighted by atomic mass is 32.2. The monoisotopic (exact) mass is 244 g/mol. The second-order valence-electron chi connectivity index (χ2n) is 5.49. The summed E-state index contributed by atoms with van der Waals surface area (Å²) in [6.45, 7) is 2.25. The standard InChI is InChI=1S/C12H20O3S/c1-9-4-11-6-10(2-3-16(13,14)15)7-12(5-9)8-11/h4,9-10,12H,2-3,5-8H2,1H3,(H,13,14,15). The van der Waals surface area contributed by atoms with Crippen LogP contribution in [0.2, 0.25) is 0 Å². The Morgan fingerprint density at radius 2 is 2.12 bits per heavy atom. The molecule has 0 heterocycles. The van der Waals surface area contributed by atoms with Crippen LogP contribution in [0.1, 0.15) is 39.0 Å². The Balaban J connectivity index is 1.93. The number of rotatable bonds is 3. The zero-order chi connectivity index (χ0) is 11.8. The largest absolute Gasteiger partial charge is 0.286 e. The predicted molar refractivity (Wildman–Crippen MR) is 63.7 cm³/mol. The molecule has 92 valence electrons. The van der Waals surface area contributed by atoms with Crippen molar-refractivity contribution >= 4 is 10.1 Å². The van der Waals surface area contributed by atoms with Crippen molar-refractivity contribution in [1.82, 2.24) is 0 Å². The first-order valence-electron chi connectivity index (χ1n) is 6.07. The number of fused-ring (bicyclic) bond motifs is 2. The van der Waals surface area contributed by atoms with Gasteiger partial charge in [0.25, 0.3) is 10.1 Å². The first kappa shape index (κ1) is 12.1. The first-order chi connectivity index (χ1) is 7.42. The summed E-state index contributed by atoms with van der Waals surface area (Å²) >= 11 is 0. The lowest BCUT2D eigenvalue weighted by Crippen LogP contribution is -2.24. The van der Waals surface area contributed by atoms with Gasteiger partial charge in [-0.05, 0) is 49.9 Å². The molecular formula is C12H20O3S. The van der Waals surface area contributed by atoms with Crippen LogP contribution >= 0.6 is 0 Å².